The second-order valence-corrected chi connectivity index (χ2v) is 5.27. The second-order valence-electron chi connectivity index (χ2n) is 4.01. The van der Waals surface area contributed by atoms with Gasteiger partial charge in [0.05, 0.1) is 4.92 Å². The van der Waals surface area contributed by atoms with Gasteiger partial charge in [-0.2, -0.15) is 4.98 Å². The maximum atomic E-state index is 11.0. The van der Waals surface area contributed by atoms with Gasteiger partial charge in [-0.3, -0.25) is 10.1 Å². The Kier molecular flexibility index (Phi) is 4.51. The molecule has 0 fully saturated rings. The topological polar surface area (TPSA) is 81.0 Å². The van der Waals surface area contributed by atoms with E-state index in [2.05, 4.69) is 31.2 Å². The summed E-state index contributed by atoms with van der Waals surface area (Å²) in [7, 11) is 0. The number of rotatable bonds is 4. The summed E-state index contributed by atoms with van der Waals surface area (Å²) in [5.41, 5.74) is 1.04. The fourth-order valence-electron chi connectivity index (χ4n) is 1.66. The number of aryl methyl sites for hydroxylation is 1. The molecule has 20 heavy (non-hydrogen) atoms. The molecule has 0 atom stereocenters. The first-order valence-electron chi connectivity index (χ1n) is 5.64. The molecule has 1 aromatic carbocycles. The molecule has 0 spiro atoms. The number of hydrogen-bond donors (Lipinski definition) is 1. The van der Waals surface area contributed by atoms with E-state index in [1.54, 1.807) is 0 Å². The molecule has 0 bridgehead atoms. The van der Waals surface area contributed by atoms with Crippen molar-refractivity contribution in [1.82, 2.24) is 9.97 Å². The molecule has 8 heteroatoms. The Bertz CT molecular complexity index is 649. The molecule has 0 saturated carbocycles. The highest BCUT2D eigenvalue weighted by Crippen LogP contribution is 2.26. The number of nitrogens with zero attached hydrogens (tertiary/aromatic N) is 3. The molecule has 2 rings (SSSR count). The Morgan fingerprint density at radius 3 is 2.60 bits per heavy atom. The lowest BCUT2D eigenvalue weighted by atomic mass is 10.2. The zero-order valence-corrected chi connectivity index (χ0v) is 12.8. The molecule has 0 amide bonds. The first-order chi connectivity index (χ1) is 9.47. The van der Waals surface area contributed by atoms with Gasteiger partial charge in [-0.05, 0) is 36.2 Å². The van der Waals surface area contributed by atoms with Crippen LogP contribution >= 0.6 is 27.5 Å². The van der Waals surface area contributed by atoms with E-state index in [0.717, 1.165) is 10.0 Å². The molecule has 1 aromatic heterocycles. The average molecular weight is 358 g/mol. The van der Waals surface area contributed by atoms with Gasteiger partial charge in [0.2, 0.25) is 11.1 Å². The smallest absolute Gasteiger partial charge is 0.332 e. The SMILES string of the molecule is Cc1nc(Cl)nc(NCc2ccc(Br)cc2)c1[N+](=O)[O-]. The monoisotopic (exact) mass is 356 g/mol. The fourth-order valence-corrected chi connectivity index (χ4v) is 2.14. The van der Waals surface area contributed by atoms with Gasteiger partial charge < -0.3 is 5.32 Å². The summed E-state index contributed by atoms with van der Waals surface area (Å²) in [6.07, 6.45) is 0. The van der Waals surface area contributed by atoms with Gasteiger partial charge in [0, 0.05) is 11.0 Å². The van der Waals surface area contributed by atoms with E-state index in [-0.39, 0.29) is 22.5 Å². The largest absolute Gasteiger partial charge is 0.360 e. The van der Waals surface area contributed by atoms with Gasteiger partial charge in [0.15, 0.2) is 0 Å². The van der Waals surface area contributed by atoms with Gasteiger partial charge in [-0.15, -0.1) is 0 Å². The predicted octanol–water partition coefficient (Wildman–Crippen LogP) is 3.72. The van der Waals surface area contributed by atoms with E-state index < -0.39 is 4.92 Å². The van der Waals surface area contributed by atoms with Crippen LogP contribution in [-0.4, -0.2) is 14.9 Å². The Labute approximate surface area is 128 Å². The highest BCUT2D eigenvalue weighted by molar-refractivity contribution is 9.10. The number of benzene rings is 1. The fraction of sp³-hybridized carbons (Fsp3) is 0.167. The molecular weight excluding hydrogens is 348 g/mol. The third-order valence-electron chi connectivity index (χ3n) is 2.59. The number of nitro groups is 1. The predicted molar refractivity (Wildman–Crippen MR) is 79.9 cm³/mol. The maximum Gasteiger partial charge on any atom is 0.332 e. The lowest BCUT2D eigenvalue weighted by Gasteiger charge is -2.08. The molecule has 6 nitrogen and oxygen atoms in total. The maximum absolute atomic E-state index is 11.0. The van der Waals surface area contributed by atoms with Crippen LogP contribution in [0.4, 0.5) is 11.5 Å². The van der Waals surface area contributed by atoms with Crippen LogP contribution in [0.15, 0.2) is 28.7 Å². The lowest BCUT2D eigenvalue weighted by molar-refractivity contribution is -0.385. The normalized spacial score (nSPS) is 10.3. The lowest BCUT2D eigenvalue weighted by Crippen LogP contribution is -2.07. The molecule has 2 aromatic rings. The van der Waals surface area contributed by atoms with Crippen LogP contribution in [-0.2, 0) is 6.54 Å². The van der Waals surface area contributed by atoms with E-state index in [1.807, 2.05) is 24.3 Å². The van der Waals surface area contributed by atoms with Crippen molar-refractivity contribution in [1.29, 1.82) is 0 Å². The first-order valence-corrected chi connectivity index (χ1v) is 6.81. The molecule has 1 heterocycles. The number of aromatic nitrogens is 2. The van der Waals surface area contributed by atoms with Gasteiger partial charge in [-0.1, -0.05) is 28.1 Å². The van der Waals surface area contributed by atoms with Crippen molar-refractivity contribution < 1.29 is 4.92 Å². The molecule has 0 aliphatic carbocycles. The van der Waals surface area contributed by atoms with Crippen molar-refractivity contribution in [2.75, 3.05) is 5.32 Å². The van der Waals surface area contributed by atoms with Crippen molar-refractivity contribution in [3.63, 3.8) is 0 Å². The summed E-state index contributed by atoms with van der Waals surface area (Å²) < 4.78 is 0.966. The standard InChI is InChI=1S/C12H10BrClN4O2/c1-7-10(18(19)20)11(17-12(14)16-7)15-6-8-2-4-9(13)5-3-8/h2-5H,6H2,1H3,(H,15,16,17). The van der Waals surface area contributed by atoms with Crippen LogP contribution in [0.5, 0.6) is 0 Å². The zero-order chi connectivity index (χ0) is 14.7. The van der Waals surface area contributed by atoms with Crippen LogP contribution in [0.2, 0.25) is 5.28 Å². The van der Waals surface area contributed by atoms with Crippen LogP contribution in [0.1, 0.15) is 11.3 Å². The molecule has 0 saturated heterocycles. The van der Waals surface area contributed by atoms with Crippen molar-refractivity contribution in [3.05, 3.63) is 55.4 Å². The zero-order valence-electron chi connectivity index (χ0n) is 10.4. The third-order valence-corrected chi connectivity index (χ3v) is 3.28. The van der Waals surface area contributed by atoms with E-state index in [9.17, 15) is 10.1 Å². The van der Waals surface area contributed by atoms with Crippen molar-refractivity contribution in [2.45, 2.75) is 13.5 Å². The van der Waals surface area contributed by atoms with Crippen LogP contribution < -0.4 is 5.32 Å². The average Bonchev–Trinajstić information content (AvgIpc) is 2.36. The number of halogens is 2. The number of anilines is 1. The molecule has 0 aliphatic rings. The Morgan fingerprint density at radius 2 is 2.00 bits per heavy atom. The van der Waals surface area contributed by atoms with Crippen molar-refractivity contribution in [2.24, 2.45) is 0 Å². The molecule has 104 valence electrons. The van der Waals surface area contributed by atoms with Gasteiger partial charge >= 0.3 is 5.69 Å². The molecule has 0 aliphatic heterocycles. The van der Waals surface area contributed by atoms with Gasteiger partial charge in [-0.25, -0.2) is 4.98 Å². The summed E-state index contributed by atoms with van der Waals surface area (Å²) in [5.74, 6) is 0.121. The summed E-state index contributed by atoms with van der Waals surface area (Å²) in [6.45, 7) is 1.93. The summed E-state index contributed by atoms with van der Waals surface area (Å²) in [6, 6.07) is 7.59. The summed E-state index contributed by atoms with van der Waals surface area (Å²) >= 11 is 9.08. The minimum atomic E-state index is -0.518. The second kappa shape index (κ2) is 6.15. The quantitative estimate of drug-likeness (QED) is 0.512. The van der Waals surface area contributed by atoms with E-state index in [1.165, 1.54) is 6.92 Å². The Hall–Kier alpha value is -1.73. The Balaban J connectivity index is 2.24. The van der Waals surface area contributed by atoms with Gasteiger partial charge in [0.25, 0.3) is 0 Å². The third kappa shape index (κ3) is 3.43. The van der Waals surface area contributed by atoms with E-state index in [0.29, 0.717) is 6.54 Å². The van der Waals surface area contributed by atoms with Crippen LogP contribution in [0.3, 0.4) is 0 Å². The van der Waals surface area contributed by atoms with Gasteiger partial charge in [0.1, 0.15) is 5.69 Å². The van der Waals surface area contributed by atoms with E-state index in [4.69, 9.17) is 11.6 Å². The van der Waals surface area contributed by atoms with Crippen LogP contribution in [0.25, 0.3) is 0 Å². The number of nitrogens with one attached hydrogen (secondary N) is 1. The minimum Gasteiger partial charge on any atom is -0.360 e. The van der Waals surface area contributed by atoms with E-state index >= 15 is 0 Å². The molecule has 0 unspecified atom stereocenters. The Morgan fingerprint density at radius 1 is 1.35 bits per heavy atom. The van der Waals surface area contributed by atoms with Crippen molar-refractivity contribution in [3.8, 4) is 0 Å². The molecule has 0 radical (unpaired) electrons. The molecular formula is C12H10BrClN4O2. The highest BCUT2D eigenvalue weighted by Gasteiger charge is 2.21. The summed E-state index contributed by atoms with van der Waals surface area (Å²) in [4.78, 5) is 18.2. The van der Waals surface area contributed by atoms with Crippen molar-refractivity contribution >= 4 is 39.0 Å². The number of hydrogen-bond acceptors (Lipinski definition) is 5. The highest BCUT2D eigenvalue weighted by atomic mass is 79.9. The first kappa shape index (κ1) is 14.7. The molecule has 1 N–H and O–H groups in total. The summed E-state index contributed by atoms with van der Waals surface area (Å²) in [5, 5.41) is 13.9. The minimum absolute atomic E-state index is 0.0218. The van der Waals surface area contributed by atoms with Crippen LogP contribution in [0, 0.1) is 17.0 Å².